The number of aromatic nitrogens is 1. The Kier molecular flexibility index (Phi) is 10.5. The second-order valence-electron chi connectivity index (χ2n) is 6.36. The van der Waals surface area contributed by atoms with Crippen molar-refractivity contribution < 1.29 is 9.59 Å². The molecule has 154 valence electrons. The minimum atomic E-state index is -1.55. The van der Waals surface area contributed by atoms with E-state index in [4.69, 9.17) is 58.0 Å². The van der Waals surface area contributed by atoms with E-state index in [0.29, 0.717) is 0 Å². The SMILES string of the molecule is C[C@@H](CC(=O)N(C)[C@H](C[C@H](C)C(Cl)(Cl)Cl)C(=O)NCc1nccs1)C(Cl)Cl. The molecular weight excluding hydrogens is 476 g/mol. The summed E-state index contributed by atoms with van der Waals surface area (Å²) in [7, 11) is 1.55. The number of rotatable bonds is 9. The van der Waals surface area contributed by atoms with Crippen LogP contribution >= 0.6 is 69.3 Å². The van der Waals surface area contributed by atoms with E-state index in [1.165, 1.54) is 16.2 Å². The highest BCUT2D eigenvalue weighted by atomic mass is 35.6. The van der Waals surface area contributed by atoms with E-state index in [1.54, 1.807) is 27.1 Å². The van der Waals surface area contributed by atoms with Crippen LogP contribution < -0.4 is 5.32 Å². The van der Waals surface area contributed by atoms with Crippen molar-refractivity contribution in [3.8, 4) is 0 Å². The van der Waals surface area contributed by atoms with Gasteiger partial charge in [-0.1, -0.05) is 48.7 Å². The number of amides is 2. The molecule has 0 bridgehead atoms. The first-order valence-electron chi connectivity index (χ1n) is 8.20. The van der Waals surface area contributed by atoms with Gasteiger partial charge in [-0.3, -0.25) is 9.59 Å². The van der Waals surface area contributed by atoms with Gasteiger partial charge < -0.3 is 10.2 Å². The standard InChI is InChI=1S/C16H22Cl5N3O2S/c1-9(14(17)18)6-13(25)24(3)11(7-10(2)16(19,20)21)15(26)23-8-12-22-4-5-27-12/h4-5,9-11,14H,6-8H2,1-3H3,(H,23,26)/t9-,10-,11+/m0/s1. The van der Waals surface area contributed by atoms with Crippen LogP contribution in [0.25, 0.3) is 0 Å². The molecule has 1 aromatic heterocycles. The lowest BCUT2D eigenvalue weighted by Crippen LogP contribution is -2.49. The van der Waals surface area contributed by atoms with Gasteiger partial charge in [0.05, 0.1) is 6.54 Å². The molecule has 0 aliphatic carbocycles. The van der Waals surface area contributed by atoms with E-state index in [0.717, 1.165) is 5.01 Å². The average molecular weight is 498 g/mol. The van der Waals surface area contributed by atoms with Gasteiger partial charge in [0.15, 0.2) is 3.79 Å². The summed E-state index contributed by atoms with van der Waals surface area (Å²) >= 11 is 30.9. The van der Waals surface area contributed by atoms with Crippen molar-refractivity contribution in [3.05, 3.63) is 16.6 Å². The molecule has 0 aliphatic heterocycles. The summed E-state index contributed by atoms with van der Waals surface area (Å²) < 4.78 is -1.55. The molecular formula is C16H22Cl5N3O2S. The Morgan fingerprint density at radius 3 is 2.41 bits per heavy atom. The van der Waals surface area contributed by atoms with Crippen LogP contribution in [-0.2, 0) is 16.1 Å². The van der Waals surface area contributed by atoms with Crippen LogP contribution in [0.3, 0.4) is 0 Å². The third-order valence-electron chi connectivity index (χ3n) is 4.12. The number of hydrogen-bond donors (Lipinski definition) is 1. The van der Waals surface area contributed by atoms with Crippen LogP contribution in [0.2, 0.25) is 0 Å². The molecule has 0 unspecified atom stereocenters. The Balaban J connectivity index is 2.87. The van der Waals surface area contributed by atoms with Crippen LogP contribution in [0.1, 0.15) is 31.7 Å². The maximum absolute atomic E-state index is 12.8. The van der Waals surface area contributed by atoms with Crippen molar-refractivity contribution in [2.75, 3.05) is 7.05 Å². The molecule has 0 aromatic carbocycles. The van der Waals surface area contributed by atoms with E-state index in [2.05, 4.69) is 10.3 Å². The quantitative estimate of drug-likeness (QED) is 0.498. The Morgan fingerprint density at radius 1 is 1.30 bits per heavy atom. The van der Waals surface area contributed by atoms with Gasteiger partial charge in [-0.2, -0.15) is 0 Å². The van der Waals surface area contributed by atoms with E-state index >= 15 is 0 Å². The molecule has 1 rings (SSSR count). The molecule has 0 radical (unpaired) electrons. The molecule has 0 saturated carbocycles. The molecule has 5 nitrogen and oxygen atoms in total. The molecule has 2 amide bonds. The van der Waals surface area contributed by atoms with Crippen molar-refractivity contribution in [2.24, 2.45) is 11.8 Å². The van der Waals surface area contributed by atoms with Gasteiger partial charge in [-0.25, -0.2) is 4.98 Å². The van der Waals surface area contributed by atoms with Gasteiger partial charge >= 0.3 is 0 Å². The van der Waals surface area contributed by atoms with E-state index < -0.39 is 20.6 Å². The normalized spacial score (nSPS) is 15.3. The molecule has 0 fully saturated rings. The molecule has 0 saturated heterocycles. The summed E-state index contributed by atoms with van der Waals surface area (Å²) in [5.74, 6) is -1.32. The lowest BCUT2D eigenvalue weighted by molar-refractivity contribution is -0.140. The van der Waals surface area contributed by atoms with Gasteiger partial charge in [0, 0.05) is 31.0 Å². The molecule has 1 N–H and O–H groups in total. The number of carbonyl (C=O) groups excluding carboxylic acids is 2. The van der Waals surface area contributed by atoms with E-state index in [1.807, 2.05) is 5.38 Å². The van der Waals surface area contributed by atoms with Crippen molar-refractivity contribution >= 4 is 81.2 Å². The predicted octanol–water partition coefficient (Wildman–Crippen LogP) is 4.81. The van der Waals surface area contributed by atoms with Crippen LogP contribution in [-0.4, -0.2) is 43.4 Å². The zero-order valence-electron chi connectivity index (χ0n) is 15.1. The van der Waals surface area contributed by atoms with E-state index in [9.17, 15) is 9.59 Å². The fourth-order valence-corrected chi connectivity index (χ4v) is 3.21. The van der Waals surface area contributed by atoms with Gasteiger partial charge in [0.25, 0.3) is 0 Å². The van der Waals surface area contributed by atoms with Crippen LogP contribution in [0.5, 0.6) is 0 Å². The number of halogens is 5. The molecule has 1 aromatic rings. The first kappa shape index (κ1) is 25.1. The first-order valence-corrected chi connectivity index (χ1v) is 11.1. The van der Waals surface area contributed by atoms with Crippen LogP contribution in [0, 0.1) is 11.8 Å². The number of carbonyl (C=O) groups is 2. The fourth-order valence-electron chi connectivity index (χ4n) is 2.21. The Morgan fingerprint density at radius 2 is 1.93 bits per heavy atom. The lowest BCUT2D eigenvalue weighted by atomic mass is 10.00. The Hall–Kier alpha value is 0.0200. The molecule has 11 heteroatoms. The highest BCUT2D eigenvalue weighted by molar-refractivity contribution is 7.09. The summed E-state index contributed by atoms with van der Waals surface area (Å²) in [4.78, 5) is 30.1. The Bertz CT molecular complexity index is 610. The number of nitrogens with zero attached hydrogens (tertiary/aromatic N) is 2. The zero-order valence-corrected chi connectivity index (χ0v) is 19.7. The van der Waals surface area contributed by atoms with Crippen molar-refractivity contribution in [1.29, 1.82) is 0 Å². The van der Waals surface area contributed by atoms with Gasteiger partial charge in [-0.15, -0.1) is 34.5 Å². The third kappa shape index (κ3) is 8.50. The van der Waals surface area contributed by atoms with Crippen LogP contribution in [0.15, 0.2) is 11.6 Å². The zero-order chi connectivity index (χ0) is 20.8. The van der Waals surface area contributed by atoms with Gasteiger partial charge in [0.1, 0.15) is 15.9 Å². The molecule has 3 atom stereocenters. The van der Waals surface area contributed by atoms with E-state index in [-0.39, 0.29) is 37.1 Å². The number of hydrogen-bond acceptors (Lipinski definition) is 4. The molecule has 0 spiro atoms. The van der Waals surface area contributed by atoms with Crippen molar-refractivity contribution in [3.63, 3.8) is 0 Å². The second kappa shape index (κ2) is 11.3. The van der Waals surface area contributed by atoms with Crippen LogP contribution in [0.4, 0.5) is 0 Å². The number of alkyl halides is 5. The highest BCUT2D eigenvalue weighted by Crippen LogP contribution is 2.38. The maximum Gasteiger partial charge on any atom is 0.243 e. The maximum atomic E-state index is 12.8. The number of nitrogens with one attached hydrogen (secondary N) is 1. The average Bonchev–Trinajstić information content (AvgIpc) is 3.08. The molecule has 27 heavy (non-hydrogen) atoms. The lowest BCUT2D eigenvalue weighted by Gasteiger charge is -2.32. The summed E-state index contributed by atoms with van der Waals surface area (Å²) in [5.41, 5.74) is 0. The second-order valence-corrected chi connectivity index (χ2v) is 10.9. The minimum absolute atomic E-state index is 0.104. The summed E-state index contributed by atoms with van der Waals surface area (Å²) in [6, 6.07) is -0.806. The van der Waals surface area contributed by atoms with Crippen molar-refractivity contribution in [2.45, 2.75) is 47.9 Å². The monoisotopic (exact) mass is 495 g/mol. The van der Waals surface area contributed by atoms with Gasteiger partial charge in [-0.05, 0) is 12.3 Å². The summed E-state index contributed by atoms with van der Waals surface area (Å²) in [6.45, 7) is 3.74. The smallest absolute Gasteiger partial charge is 0.243 e. The minimum Gasteiger partial charge on any atom is -0.348 e. The molecule has 0 aliphatic rings. The molecule has 1 heterocycles. The topological polar surface area (TPSA) is 62.3 Å². The summed E-state index contributed by atoms with van der Waals surface area (Å²) in [5, 5.41) is 5.36. The van der Waals surface area contributed by atoms with Crippen molar-refractivity contribution in [1.82, 2.24) is 15.2 Å². The fraction of sp³-hybridized carbons (Fsp3) is 0.688. The Labute approximate surface area is 188 Å². The predicted molar refractivity (Wildman–Crippen MR) is 114 cm³/mol. The third-order valence-corrected chi connectivity index (χ3v) is 6.88. The first-order chi connectivity index (χ1) is 12.4. The largest absolute Gasteiger partial charge is 0.348 e. The number of thiazole rings is 1. The van der Waals surface area contributed by atoms with Gasteiger partial charge in [0.2, 0.25) is 11.8 Å². The summed E-state index contributed by atoms with van der Waals surface area (Å²) in [6.07, 6.45) is 1.94. The number of likely N-dealkylation sites (N-methyl/N-ethyl adjacent to an activating group) is 1. The highest BCUT2D eigenvalue weighted by Gasteiger charge is 2.36.